The normalized spacial score (nSPS) is 15.7. The molecule has 0 radical (unpaired) electrons. The van der Waals surface area contributed by atoms with Crippen LogP contribution in [0.15, 0.2) is 54.9 Å². The summed E-state index contributed by atoms with van der Waals surface area (Å²) in [5.41, 5.74) is 7.37. The summed E-state index contributed by atoms with van der Waals surface area (Å²) < 4.78 is 4.12. The van der Waals surface area contributed by atoms with Gasteiger partial charge in [-0.1, -0.05) is 23.4 Å². The van der Waals surface area contributed by atoms with Crippen molar-refractivity contribution in [2.75, 3.05) is 19.0 Å². The maximum Gasteiger partial charge on any atom is 0.307 e. The average Bonchev–Trinajstić information content (AvgIpc) is 3.38. The van der Waals surface area contributed by atoms with E-state index in [0.29, 0.717) is 0 Å². The molecule has 1 aliphatic carbocycles. The lowest BCUT2D eigenvalue weighted by Gasteiger charge is -2.23. The van der Waals surface area contributed by atoms with E-state index in [-0.39, 0.29) is 12.5 Å². The minimum atomic E-state index is -0.789. The molecule has 0 saturated heterocycles. The van der Waals surface area contributed by atoms with E-state index >= 15 is 0 Å². The zero-order valence-electron chi connectivity index (χ0n) is 17.7. The van der Waals surface area contributed by atoms with Crippen LogP contribution in [0.3, 0.4) is 0 Å². The minimum absolute atomic E-state index is 0.0595. The van der Waals surface area contributed by atoms with E-state index in [9.17, 15) is 9.90 Å². The van der Waals surface area contributed by atoms with Crippen molar-refractivity contribution in [1.82, 2.24) is 19.4 Å². The molecule has 1 unspecified atom stereocenters. The highest BCUT2D eigenvalue weighted by Gasteiger charge is 2.28. The van der Waals surface area contributed by atoms with E-state index in [1.165, 1.54) is 11.3 Å². The van der Waals surface area contributed by atoms with Crippen LogP contribution < -0.4 is 4.90 Å². The van der Waals surface area contributed by atoms with Crippen LogP contribution in [0.25, 0.3) is 16.8 Å². The summed E-state index contributed by atoms with van der Waals surface area (Å²) >= 11 is 0. The molecule has 0 fully saturated rings. The van der Waals surface area contributed by atoms with Crippen molar-refractivity contribution in [1.29, 1.82) is 0 Å². The Morgan fingerprint density at radius 3 is 2.74 bits per heavy atom. The molecule has 3 aromatic heterocycles. The summed E-state index contributed by atoms with van der Waals surface area (Å²) in [5.74, 6) is -0.789. The van der Waals surface area contributed by atoms with E-state index in [1.807, 2.05) is 49.4 Å². The molecule has 0 saturated carbocycles. The third-order valence-electron chi connectivity index (χ3n) is 6.22. The Labute approximate surface area is 180 Å². The second-order valence-electron chi connectivity index (χ2n) is 8.35. The Hall–Kier alpha value is -3.61. The highest BCUT2D eigenvalue weighted by Crippen LogP contribution is 2.35. The van der Waals surface area contributed by atoms with Crippen LogP contribution in [0.2, 0.25) is 0 Å². The van der Waals surface area contributed by atoms with Gasteiger partial charge < -0.3 is 14.4 Å². The number of rotatable bonds is 5. The maximum absolute atomic E-state index is 11.4. The van der Waals surface area contributed by atoms with Crippen molar-refractivity contribution >= 4 is 17.2 Å². The molecule has 3 heterocycles. The molecule has 0 bridgehead atoms. The second kappa shape index (κ2) is 7.58. The molecule has 5 rings (SSSR count). The number of carbonyl (C=O) groups is 1. The van der Waals surface area contributed by atoms with Gasteiger partial charge in [0.15, 0.2) is 0 Å². The van der Waals surface area contributed by atoms with Gasteiger partial charge in [-0.05, 0) is 48.2 Å². The fourth-order valence-electron chi connectivity index (χ4n) is 4.64. The molecule has 7 heteroatoms. The van der Waals surface area contributed by atoms with E-state index in [2.05, 4.69) is 43.9 Å². The van der Waals surface area contributed by atoms with Crippen molar-refractivity contribution in [3.63, 3.8) is 0 Å². The number of aromatic nitrogens is 4. The maximum atomic E-state index is 11.4. The van der Waals surface area contributed by atoms with Gasteiger partial charge in [0.05, 0.1) is 18.7 Å². The number of pyridine rings is 1. The molecule has 0 amide bonds. The van der Waals surface area contributed by atoms with Crippen LogP contribution in [-0.2, 0) is 24.1 Å². The van der Waals surface area contributed by atoms with Gasteiger partial charge in [-0.3, -0.25) is 4.79 Å². The van der Waals surface area contributed by atoms with Crippen LogP contribution in [0.4, 0.5) is 5.69 Å². The predicted octanol–water partition coefficient (Wildman–Crippen LogP) is 3.62. The highest BCUT2D eigenvalue weighted by atomic mass is 16.4. The Morgan fingerprint density at radius 2 is 2.00 bits per heavy atom. The first-order valence-corrected chi connectivity index (χ1v) is 10.5. The lowest BCUT2D eigenvalue weighted by atomic mass is 9.90. The molecule has 0 aliphatic heterocycles. The van der Waals surface area contributed by atoms with Crippen molar-refractivity contribution in [3.8, 4) is 11.3 Å². The molecule has 4 aromatic rings. The van der Waals surface area contributed by atoms with Crippen LogP contribution >= 0.6 is 0 Å². The zero-order chi connectivity index (χ0) is 21.5. The summed E-state index contributed by atoms with van der Waals surface area (Å²) in [4.78, 5) is 13.5. The second-order valence-corrected chi connectivity index (χ2v) is 8.35. The van der Waals surface area contributed by atoms with Gasteiger partial charge in [0.2, 0.25) is 0 Å². The largest absolute Gasteiger partial charge is 0.481 e. The smallest absolute Gasteiger partial charge is 0.307 e. The number of benzene rings is 1. The topological polar surface area (TPSA) is 75.7 Å². The number of carboxylic acids is 1. The number of fused-ring (bicyclic) bond motifs is 3. The van der Waals surface area contributed by atoms with Crippen molar-refractivity contribution < 1.29 is 9.90 Å². The fraction of sp³-hybridized carbons (Fsp3) is 0.292. The number of hydrogen-bond acceptors (Lipinski definition) is 4. The van der Waals surface area contributed by atoms with Gasteiger partial charge in [0, 0.05) is 49.2 Å². The first kappa shape index (κ1) is 19.4. The third kappa shape index (κ3) is 3.46. The SMILES string of the molecule is CN(C)c1ccc(-c2cn(C3CCc4c(CC(=O)O)c5ccccn5c4C3)nn2)cc1. The molecule has 158 valence electrons. The van der Waals surface area contributed by atoms with Crippen LogP contribution in [-0.4, -0.2) is 44.6 Å². The molecule has 1 atom stereocenters. The Bertz CT molecular complexity index is 1250. The van der Waals surface area contributed by atoms with Gasteiger partial charge in [-0.15, -0.1) is 5.10 Å². The summed E-state index contributed by atoms with van der Waals surface area (Å²) in [6, 6.07) is 14.5. The summed E-state index contributed by atoms with van der Waals surface area (Å²) in [7, 11) is 4.05. The zero-order valence-corrected chi connectivity index (χ0v) is 17.7. The molecular formula is C24H25N5O2. The number of aliphatic carboxylic acids is 1. The van der Waals surface area contributed by atoms with Gasteiger partial charge in [-0.25, -0.2) is 4.68 Å². The van der Waals surface area contributed by atoms with E-state index < -0.39 is 5.97 Å². The van der Waals surface area contributed by atoms with Gasteiger partial charge >= 0.3 is 5.97 Å². The highest BCUT2D eigenvalue weighted by molar-refractivity contribution is 5.77. The molecule has 7 nitrogen and oxygen atoms in total. The molecule has 1 N–H and O–H groups in total. The summed E-state index contributed by atoms with van der Waals surface area (Å²) in [5, 5.41) is 18.2. The first-order valence-electron chi connectivity index (χ1n) is 10.5. The quantitative estimate of drug-likeness (QED) is 0.539. The van der Waals surface area contributed by atoms with Crippen molar-refractivity contribution in [3.05, 3.63) is 71.7 Å². The first-order chi connectivity index (χ1) is 15.0. The van der Waals surface area contributed by atoms with Gasteiger partial charge in [-0.2, -0.15) is 0 Å². The molecular weight excluding hydrogens is 390 g/mol. The summed E-state index contributed by atoms with van der Waals surface area (Å²) in [6.07, 6.45) is 6.68. The number of carboxylic acid groups (broad SMARTS) is 1. The Kier molecular flexibility index (Phi) is 4.73. The molecule has 1 aliphatic rings. The van der Waals surface area contributed by atoms with Gasteiger partial charge in [0.1, 0.15) is 5.69 Å². The monoisotopic (exact) mass is 415 g/mol. The number of hydrogen-bond donors (Lipinski definition) is 1. The van der Waals surface area contributed by atoms with Crippen LogP contribution in [0.5, 0.6) is 0 Å². The van der Waals surface area contributed by atoms with E-state index in [4.69, 9.17) is 0 Å². The predicted molar refractivity (Wildman–Crippen MR) is 120 cm³/mol. The Morgan fingerprint density at radius 1 is 1.19 bits per heavy atom. The van der Waals surface area contributed by atoms with Crippen LogP contribution in [0, 0.1) is 0 Å². The Balaban J connectivity index is 1.45. The van der Waals surface area contributed by atoms with Gasteiger partial charge in [0.25, 0.3) is 0 Å². The molecule has 31 heavy (non-hydrogen) atoms. The van der Waals surface area contributed by atoms with Crippen LogP contribution in [0.1, 0.15) is 29.3 Å². The number of anilines is 1. The fourth-order valence-corrected chi connectivity index (χ4v) is 4.64. The molecule has 0 spiro atoms. The van der Waals surface area contributed by atoms with E-state index in [0.717, 1.165) is 47.3 Å². The lowest BCUT2D eigenvalue weighted by Crippen LogP contribution is -2.20. The minimum Gasteiger partial charge on any atom is -0.481 e. The standard InChI is InChI=1S/C24H25N5O2/c1-27(2)17-8-6-16(7-9-17)21-15-29(26-25-21)18-10-11-19-20(14-24(30)31)22-5-3-4-12-28(22)23(19)13-18/h3-9,12,15,18H,10-11,13-14H2,1-2H3,(H,30,31). The molecule has 1 aromatic carbocycles. The summed E-state index contributed by atoms with van der Waals surface area (Å²) in [6.45, 7) is 0. The van der Waals surface area contributed by atoms with Crippen molar-refractivity contribution in [2.24, 2.45) is 0 Å². The van der Waals surface area contributed by atoms with Crippen molar-refractivity contribution in [2.45, 2.75) is 31.7 Å². The average molecular weight is 415 g/mol. The third-order valence-corrected chi connectivity index (χ3v) is 6.22. The lowest BCUT2D eigenvalue weighted by molar-refractivity contribution is -0.136. The van der Waals surface area contributed by atoms with E-state index in [1.54, 1.807) is 0 Å². The number of nitrogens with zero attached hydrogens (tertiary/aromatic N) is 5.